The van der Waals surface area contributed by atoms with Crippen LogP contribution in [0.25, 0.3) is 0 Å². The van der Waals surface area contributed by atoms with E-state index in [0.29, 0.717) is 19.1 Å². The summed E-state index contributed by atoms with van der Waals surface area (Å²) in [6.45, 7) is 1.50. The Morgan fingerprint density at radius 2 is 2.33 bits per heavy atom. The van der Waals surface area contributed by atoms with Crippen molar-refractivity contribution in [2.45, 2.75) is 31.7 Å². The molecule has 0 radical (unpaired) electrons. The second-order valence-electron chi connectivity index (χ2n) is 4.86. The SMILES string of the molecule is CN(C(=O)CC1(CS)CC1)C1CCOC1. The molecule has 86 valence electrons. The van der Waals surface area contributed by atoms with Gasteiger partial charge in [-0.15, -0.1) is 0 Å². The molecule has 0 aromatic heterocycles. The van der Waals surface area contributed by atoms with Crippen molar-refractivity contribution >= 4 is 18.5 Å². The number of thiol groups is 1. The van der Waals surface area contributed by atoms with Crippen molar-refractivity contribution in [3.63, 3.8) is 0 Å². The molecule has 4 heteroatoms. The van der Waals surface area contributed by atoms with Crippen LogP contribution >= 0.6 is 12.6 Å². The van der Waals surface area contributed by atoms with Crippen LogP contribution < -0.4 is 0 Å². The minimum Gasteiger partial charge on any atom is -0.379 e. The van der Waals surface area contributed by atoms with Crippen LogP contribution in [-0.2, 0) is 9.53 Å². The van der Waals surface area contributed by atoms with Crippen molar-refractivity contribution in [2.75, 3.05) is 26.0 Å². The molecule has 1 heterocycles. The molecule has 2 fully saturated rings. The van der Waals surface area contributed by atoms with Crippen molar-refractivity contribution in [3.8, 4) is 0 Å². The first-order chi connectivity index (χ1) is 7.17. The Hall–Kier alpha value is -0.220. The lowest BCUT2D eigenvalue weighted by molar-refractivity contribution is -0.133. The first kappa shape index (κ1) is 11.3. The maximum atomic E-state index is 12.0. The van der Waals surface area contributed by atoms with E-state index in [0.717, 1.165) is 31.6 Å². The molecule has 1 aliphatic carbocycles. The molecule has 3 nitrogen and oxygen atoms in total. The van der Waals surface area contributed by atoms with E-state index in [1.165, 1.54) is 0 Å². The van der Waals surface area contributed by atoms with E-state index >= 15 is 0 Å². The molecular weight excluding hydrogens is 210 g/mol. The molecule has 1 unspecified atom stereocenters. The van der Waals surface area contributed by atoms with Gasteiger partial charge < -0.3 is 9.64 Å². The van der Waals surface area contributed by atoms with Gasteiger partial charge in [0, 0.05) is 20.1 Å². The Labute approximate surface area is 96.6 Å². The summed E-state index contributed by atoms with van der Waals surface area (Å²) in [6, 6.07) is 0.299. The summed E-state index contributed by atoms with van der Waals surface area (Å²) in [5.41, 5.74) is 0.230. The first-order valence-corrected chi connectivity index (χ1v) is 6.24. The Balaban J connectivity index is 1.84. The number of rotatable bonds is 4. The lowest BCUT2D eigenvalue weighted by Gasteiger charge is -2.25. The molecule has 0 spiro atoms. The predicted octanol–water partition coefficient (Wildman–Crippen LogP) is 1.33. The fraction of sp³-hybridized carbons (Fsp3) is 0.909. The van der Waals surface area contributed by atoms with Gasteiger partial charge in [-0.1, -0.05) is 0 Å². The third-order valence-corrected chi connectivity index (χ3v) is 4.34. The van der Waals surface area contributed by atoms with Gasteiger partial charge in [0.25, 0.3) is 0 Å². The summed E-state index contributed by atoms with van der Waals surface area (Å²) in [4.78, 5) is 13.9. The van der Waals surface area contributed by atoms with Crippen LogP contribution in [0, 0.1) is 5.41 Å². The van der Waals surface area contributed by atoms with E-state index in [2.05, 4.69) is 12.6 Å². The average molecular weight is 229 g/mol. The van der Waals surface area contributed by atoms with Crippen molar-refractivity contribution in [3.05, 3.63) is 0 Å². The predicted molar refractivity (Wildman–Crippen MR) is 62.1 cm³/mol. The number of likely N-dealkylation sites (N-methyl/N-ethyl adjacent to an activating group) is 1. The van der Waals surface area contributed by atoms with Gasteiger partial charge in [0.1, 0.15) is 0 Å². The standard InChI is InChI=1S/C11H19NO2S/c1-12(9-2-5-14-7-9)10(13)6-11(8-15)3-4-11/h9,15H,2-8H2,1H3. The van der Waals surface area contributed by atoms with E-state index in [9.17, 15) is 4.79 Å². The molecule has 1 atom stereocenters. The lowest BCUT2D eigenvalue weighted by Crippen LogP contribution is -2.38. The number of hydrogen-bond acceptors (Lipinski definition) is 3. The van der Waals surface area contributed by atoms with E-state index in [-0.39, 0.29) is 11.3 Å². The summed E-state index contributed by atoms with van der Waals surface area (Å²) in [5.74, 6) is 1.10. The fourth-order valence-corrected chi connectivity index (χ4v) is 2.47. The van der Waals surface area contributed by atoms with E-state index < -0.39 is 0 Å². The van der Waals surface area contributed by atoms with Crippen molar-refractivity contribution in [2.24, 2.45) is 5.41 Å². The maximum Gasteiger partial charge on any atom is 0.223 e. The van der Waals surface area contributed by atoms with Crippen LogP contribution in [0.5, 0.6) is 0 Å². The second-order valence-corrected chi connectivity index (χ2v) is 5.17. The molecule has 0 N–H and O–H groups in total. The number of amides is 1. The Morgan fingerprint density at radius 1 is 1.60 bits per heavy atom. The minimum absolute atomic E-state index is 0.230. The van der Waals surface area contributed by atoms with Crippen LogP contribution in [0.15, 0.2) is 0 Å². The van der Waals surface area contributed by atoms with Crippen LogP contribution in [0.1, 0.15) is 25.7 Å². The summed E-state index contributed by atoms with van der Waals surface area (Å²) in [5, 5.41) is 0. The fourth-order valence-electron chi connectivity index (χ4n) is 2.04. The summed E-state index contributed by atoms with van der Waals surface area (Å²) in [6.07, 6.45) is 3.98. The van der Waals surface area contributed by atoms with Gasteiger partial charge in [0.15, 0.2) is 0 Å². The molecule has 15 heavy (non-hydrogen) atoms. The van der Waals surface area contributed by atoms with E-state index in [4.69, 9.17) is 4.74 Å². The molecule has 2 rings (SSSR count). The zero-order valence-electron chi connectivity index (χ0n) is 9.24. The van der Waals surface area contributed by atoms with Crippen molar-refractivity contribution in [1.82, 2.24) is 4.90 Å². The maximum absolute atomic E-state index is 12.0. The number of nitrogens with zero attached hydrogens (tertiary/aromatic N) is 1. The second kappa shape index (κ2) is 4.34. The highest BCUT2D eigenvalue weighted by atomic mass is 32.1. The molecule has 0 aromatic rings. The smallest absolute Gasteiger partial charge is 0.223 e. The number of ether oxygens (including phenoxy) is 1. The monoisotopic (exact) mass is 229 g/mol. The molecule has 1 amide bonds. The minimum atomic E-state index is 0.230. The number of hydrogen-bond donors (Lipinski definition) is 1. The zero-order valence-corrected chi connectivity index (χ0v) is 10.1. The zero-order chi connectivity index (χ0) is 10.9. The average Bonchev–Trinajstić information content (AvgIpc) is 2.81. The van der Waals surface area contributed by atoms with Gasteiger partial charge in [-0.3, -0.25) is 4.79 Å². The molecular formula is C11H19NO2S. The van der Waals surface area contributed by atoms with Crippen molar-refractivity contribution < 1.29 is 9.53 Å². The first-order valence-electron chi connectivity index (χ1n) is 5.61. The highest BCUT2D eigenvalue weighted by molar-refractivity contribution is 7.80. The normalized spacial score (nSPS) is 27.7. The Bertz CT molecular complexity index is 247. The van der Waals surface area contributed by atoms with E-state index in [1.54, 1.807) is 0 Å². The summed E-state index contributed by atoms with van der Waals surface area (Å²) >= 11 is 4.32. The van der Waals surface area contributed by atoms with Crippen LogP contribution in [0.2, 0.25) is 0 Å². The van der Waals surface area contributed by atoms with Crippen LogP contribution in [0.4, 0.5) is 0 Å². The molecule has 1 saturated carbocycles. The summed E-state index contributed by atoms with van der Waals surface area (Å²) < 4.78 is 5.29. The molecule has 2 aliphatic rings. The lowest BCUT2D eigenvalue weighted by atomic mass is 10.0. The third kappa shape index (κ3) is 2.48. The summed E-state index contributed by atoms with van der Waals surface area (Å²) in [7, 11) is 1.90. The van der Waals surface area contributed by atoms with Gasteiger partial charge in [0.2, 0.25) is 5.91 Å². The van der Waals surface area contributed by atoms with E-state index in [1.807, 2.05) is 11.9 Å². The van der Waals surface area contributed by atoms with Gasteiger partial charge in [-0.25, -0.2) is 0 Å². The highest BCUT2D eigenvalue weighted by Gasteiger charge is 2.44. The van der Waals surface area contributed by atoms with Crippen LogP contribution in [-0.4, -0.2) is 42.9 Å². The highest BCUT2D eigenvalue weighted by Crippen LogP contribution is 2.49. The molecule has 0 bridgehead atoms. The van der Waals surface area contributed by atoms with Crippen molar-refractivity contribution in [1.29, 1.82) is 0 Å². The molecule has 1 aliphatic heterocycles. The molecule has 1 saturated heterocycles. The topological polar surface area (TPSA) is 29.5 Å². The largest absolute Gasteiger partial charge is 0.379 e. The quantitative estimate of drug-likeness (QED) is 0.737. The Morgan fingerprint density at radius 3 is 2.80 bits per heavy atom. The Kier molecular flexibility index (Phi) is 3.26. The van der Waals surface area contributed by atoms with Gasteiger partial charge in [0.05, 0.1) is 12.6 Å². The van der Waals surface area contributed by atoms with Gasteiger partial charge >= 0.3 is 0 Å². The van der Waals surface area contributed by atoms with Crippen LogP contribution in [0.3, 0.4) is 0 Å². The number of carbonyl (C=O) groups is 1. The number of carbonyl (C=O) groups excluding carboxylic acids is 1. The van der Waals surface area contributed by atoms with Gasteiger partial charge in [-0.05, 0) is 30.4 Å². The third-order valence-electron chi connectivity index (χ3n) is 3.67. The van der Waals surface area contributed by atoms with Gasteiger partial charge in [-0.2, -0.15) is 12.6 Å². The molecule has 0 aromatic carbocycles.